The molecule has 0 amide bonds. The van der Waals surface area contributed by atoms with Crippen LogP contribution in [0.25, 0.3) is 10.4 Å². The lowest BCUT2D eigenvalue weighted by Gasteiger charge is -2.16. The molecule has 1 aromatic heterocycles. The highest BCUT2D eigenvalue weighted by Crippen LogP contribution is 2.29. The molecule has 116 valence electrons. The van der Waals surface area contributed by atoms with Gasteiger partial charge in [0.05, 0.1) is 23.6 Å². The fourth-order valence-electron chi connectivity index (χ4n) is 2.54. The Kier molecular flexibility index (Phi) is 4.82. The molecule has 2 heterocycles. The van der Waals surface area contributed by atoms with Crippen molar-refractivity contribution in [3.63, 3.8) is 0 Å². The van der Waals surface area contributed by atoms with Crippen LogP contribution in [0.4, 0.5) is 0 Å². The predicted molar refractivity (Wildman–Crippen MR) is 85.2 cm³/mol. The molecule has 22 heavy (non-hydrogen) atoms. The number of carboxylic acids is 1. The molecule has 1 aromatic carbocycles. The molecule has 3 rings (SSSR count). The van der Waals surface area contributed by atoms with Gasteiger partial charge in [0.2, 0.25) is 0 Å². The number of thiazole rings is 1. The molecule has 5 nitrogen and oxygen atoms in total. The van der Waals surface area contributed by atoms with Crippen LogP contribution in [0.15, 0.2) is 30.5 Å². The zero-order valence-corrected chi connectivity index (χ0v) is 13.0. The minimum absolute atomic E-state index is 0.320. The lowest BCUT2D eigenvalue weighted by molar-refractivity contribution is 0.0698. The Hall–Kier alpha value is -1.76. The normalized spacial score (nSPS) is 16.4. The summed E-state index contributed by atoms with van der Waals surface area (Å²) in [6.07, 6.45) is 2.82. The first kappa shape index (κ1) is 15.1. The van der Waals surface area contributed by atoms with E-state index in [0.717, 1.165) is 54.7 Å². The quantitative estimate of drug-likeness (QED) is 0.939. The average molecular weight is 318 g/mol. The van der Waals surface area contributed by atoms with Crippen molar-refractivity contribution in [3.05, 3.63) is 41.0 Å². The highest BCUT2D eigenvalue weighted by atomic mass is 32.1. The van der Waals surface area contributed by atoms with Crippen LogP contribution in [0.2, 0.25) is 0 Å². The summed E-state index contributed by atoms with van der Waals surface area (Å²) in [5.74, 6) is -0.907. The van der Waals surface area contributed by atoms with E-state index < -0.39 is 5.97 Å². The van der Waals surface area contributed by atoms with Crippen LogP contribution in [0.1, 0.15) is 21.8 Å². The molecule has 2 aromatic rings. The summed E-state index contributed by atoms with van der Waals surface area (Å²) in [5, 5.41) is 10.3. The number of rotatable bonds is 4. The Morgan fingerprint density at radius 1 is 1.32 bits per heavy atom. The first-order valence-electron chi connectivity index (χ1n) is 7.31. The monoisotopic (exact) mass is 318 g/mol. The van der Waals surface area contributed by atoms with E-state index in [4.69, 9.17) is 4.74 Å². The minimum Gasteiger partial charge on any atom is -0.478 e. The number of carbonyl (C=O) groups is 1. The molecule has 1 fully saturated rings. The second-order valence-electron chi connectivity index (χ2n) is 5.21. The molecule has 0 spiro atoms. The van der Waals surface area contributed by atoms with Gasteiger partial charge in [-0.2, -0.15) is 0 Å². The van der Waals surface area contributed by atoms with Crippen LogP contribution in [0.3, 0.4) is 0 Å². The standard InChI is InChI=1S/C16H18N2O3S/c19-16(20)13-5-2-1-4-12(13)14-10-17-15(22-14)11-18-6-3-8-21-9-7-18/h1-2,4-5,10H,3,6-9,11H2,(H,19,20). The van der Waals surface area contributed by atoms with Gasteiger partial charge in [-0.05, 0) is 12.5 Å². The van der Waals surface area contributed by atoms with Gasteiger partial charge in [-0.1, -0.05) is 18.2 Å². The molecular weight excluding hydrogens is 300 g/mol. The van der Waals surface area contributed by atoms with Gasteiger partial charge < -0.3 is 9.84 Å². The topological polar surface area (TPSA) is 62.7 Å². The lowest BCUT2D eigenvalue weighted by atomic mass is 10.1. The predicted octanol–water partition coefficient (Wildman–Crippen LogP) is 2.73. The number of hydrogen-bond donors (Lipinski definition) is 1. The fourth-order valence-corrected chi connectivity index (χ4v) is 3.54. The second-order valence-corrected chi connectivity index (χ2v) is 6.33. The molecule has 1 aliphatic rings. The Balaban J connectivity index is 1.77. The summed E-state index contributed by atoms with van der Waals surface area (Å²) in [6, 6.07) is 7.06. The summed E-state index contributed by atoms with van der Waals surface area (Å²) in [4.78, 5) is 19.0. The summed E-state index contributed by atoms with van der Waals surface area (Å²) in [6.45, 7) is 4.32. The second kappa shape index (κ2) is 7.00. The summed E-state index contributed by atoms with van der Waals surface area (Å²) in [7, 11) is 0. The van der Waals surface area contributed by atoms with Crippen LogP contribution < -0.4 is 0 Å². The maximum absolute atomic E-state index is 11.3. The molecular formula is C16H18N2O3S. The third-order valence-corrected chi connectivity index (χ3v) is 4.67. The van der Waals surface area contributed by atoms with Gasteiger partial charge in [0.1, 0.15) is 5.01 Å². The zero-order chi connectivity index (χ0) is 15.4. The summed E-state index contributed by atoms with van der Waals surface area (Å²) >= 11 is 1.56. The maximum atomic E-state index is 11.3. The number of carboxylic acid groups (broad SMARTS) is 1. The number of hydrogen-bond acceptors (Lipinski definition) is 5. The third-order valence-electron chi connectivity index (χ3n) is 3.65. The van der Waals surface area contributed by atoms with E-state index in [1.807, 2.05) is 12.1 Å². The van der Waals surface area contributed by atoms with E-state index >= 15 is 0 Å². The molecule has 0 saturated carbocycles. The smallest absolute Gasteiger partial charge is 0.336 e. The largest absolute Gasteiger partial charge is 0.478 e. The molecule has 0 bridgehead atoms. The molecule has 0 unspecified atom stereocenters. The third kappa shape index (κ3) is 3.52. The van der Waals surface area contributed by atoms with Gasteiger partial charge in [-0.3, -0.25) is 4.90 Å². The van der Waals surface area contributed by atoms with Crippen molar-refractivity contribution in [2.45, 2.75) is 13.0 Å². The molecule has 0 aliphatic carbocycles. The maximum Gasteiger partial charge on any atom is 0.336 e. The van der Waals surface area contributed by atoms with Gasteiger partial charge in [-0.15, -0.1) is 11.3 Å². The van der Waals surface area contributed by atoms with E-state index in [-0.39, 0.29) is 0 Å². The van der Waals surface area contributed by atoms with E-state index in [9.17, 15) is 9.90 Å². The van der Waals surface area contributed by atoms with Crippen molar-refractivity contribution in [2.24, 2.45) is 0 Å². The van der Waals surface area contributed by atoms with Gasteiger partial charge in [0, 0.05) is 31.5 Å². The van der Waals surface area contributed by atoms with Crippen molar-refractivity contribution >= 4 is 17.3 Å². The van der Waals surface area contributed by atoms with Crippen molar-refractivity contribution in [1.82, 2.24) is 9.88 Å². The number of aromatic carboxylic acids is 1. The van der Waals surface area contributed by atoms with Crippen LogP contribution in [0.5, 0.6) is 0 Å². The van der Waals surface area contributed by atoms with Crippen LogP contribution in [-0.4, -0.2) is 47.3 Å². The first-order chi connectivity index (χ1) is 10.7. The first-order valence-corrected chi connectivity index (χ1v) is 8.13. The Morgan fingerprint density at radius 2 is 2.18 bits per heavy atom. The van der Waals surface area contributed by atoms with Crippen LogP contribution in [0, 0.1) is 0 Å². The number of nitrogens with zero attached hydrogens (tertiary/aromatic N) is 2. The molecule has 0 radical (unpaired) electrons. The lowest BCUT2D eigenvalue weighted by Crippen LogP contribution is -2.25. The average Bonchev–Trinajstić information content (AvgIpc) is 2.83. The van der Waals surface area contributed by atoms with Crippen molar-refractivity contribution in [3.8, 4) is 10.4 Å². The summed E-state index contributed by atoms with van der Waals surface area (Å²) in [5.41, 5.74) is 1.05. The SMILES string of the molecule is O=C(O)c1ccccc1-c1cnc(CN2CCCOCC2)s1. The van der Waals surface area contributed by atoms with E-state index in [0.29, 0.717) is 5.56 Å². The van der Waals surface area contributed by atoms with E-state index in [1.54, 1.807) is 29.7 Å². The molecule has 1 N–H and O–H groups in total. The molecule has 1 saturated heterocycles. The molecule has 6 heteroatoms. The number of ether oxygens (including phenoxy) is 1. The van der Waals surface area contributed by atoms with Gasteiger partial charge in [-0.25, -0.2) is 9.78 Å². The summed E-state index contributed by atoms with van der Waals surface area (Å²) < 4.78 is 5.46. The number of benzene rings is 1. The van der Waals surface area contributed by atoms with Crippen molar-refractivity contribution in [2.75, 3.05) is 26.3 Å². The molecule has 1 aliphatic heterocycles. The Bertz CT molecular complexity index is 648. The fraction of sp³-hybridized carbons (Fsp3) is 0.375. The highest BCUT2D eigenvalue weighted by molar-refractivity contribution is 7.15. The van der Waals surface area contributed by atoms with E-state index in [2.05, 4.69) is 9.88 Å². The Labute approximate surface area is 133 Å². The van der Waals surface area contributed by atoms with E-state index in [1.165, 1.54) is 0 Å². The minimum atomic E-state index is -0.907. The van der Waals surface area contributed by atoms with Crippen molar-refractivity contribution < 1.29 is 14.6 Å². The van der Waals surface area contributed by atoms with Crippen LogP contribution >= 0.6 is 11.3 Å². The highest BCUT2D eigenvalue weighted by Gasteiger charge is 2.15. The van der Waals surface area contributed by atoms with Crippen molar-refractivity contribution in [1.29, 1.82) is 0 Å². The molecule has 0 atom stereocenters. The van der Waals surface area contributed by atoms with Gasteiger partial charge in [0.25, 0.3) is 0 Å². The Morgan fingerprint density at radius 3 is 3.05 bits per heavy atom. The van der Waals surface area contributed by atoms with Gasteiger partial charge in [0.15, 0.2) is 0 Å². The number of aromatic nitrogens is 1. The van der Waals surface area contributed by atoms with Gasteiger partial charge >= 0.3 is 5.97 Å². The zero-order valence-electron chi connectivity index (χ0n) is 12.2. The van der Waals surface area contributed by atoms with Crippen LogP contribution in [-0.2, 0) is 11.3 Å².